The summed E-state index contributed by atoms with van der Waals surface area (Å²) in [5.74, 6) is -1.11. The number of nitrogens with one attached hydrogen (secondary N) is 1. The Morgan fingerprint density at radius 2 is 2.33 bits per heavy atom. The molecule has 1 aromatic rings. The maximum atomic E-state index is 11.9. The van der Waals surface area contributed by atoms with Crippen LogP contribution in [0.2, 0.25) is 0 Å². The van der Waals surface area contributed by atoms with E-state index in [0.29, 0.717) is 5.13 Å². The molecule has 1 aliphatic heterocycles. The second-order valence-electron chi connectivity index (χ2n) is 4.12. The van der Waals surface area contributed by atoms with Gasteiger partial charge in [-0.2, -0.15) is 0 Å². The van der Waals surface area contributed by atoms with Crippen molar-refractivity contribution < 1.29 is 19.8 Å². The van der Waals surface area contributed by atoms with Crippen LogP contribution in [0.3, 0.4) is 0 Å². The van der Waals surface area contributed by atoms with Crippen LogP contribution in [0, 0.1) is 6.92 Å². The first-order valence-electron chi connectivity index (χ1n) is 5.38. The summed E-state index contributed by atoms with van der Waals surface area (Å²) in [6.07, 6.45) is -0.741. The van der Waals surface area contributed by atoms with Gasteiger partial charge in [0.25, 0.3) is 0 Å². The van der Waals surface area contributed by atoms with Crippen LogP contribution in [-0.2, 0) is 4.79 Å². The van der Waals surface area contributed by atoms with Gasteiger partial charge >= 0.3 is 12.0 Å². The molecule has 2 amide bonds. The molecule has 0 spiro atoms. The first-order valence-corrected chi connectivity index (χ1v) is 6.26. The molecule has 0 aliphatic carbocycles. The van der Waals surface area contributed by atoms with Crippen molar-refractivity contribution in [1.29, 1.82) is 0 Å². The summed E-state index contributed by atoms with van der Waals surface area (Å²) in [6, 6.07) is -1.53. The Balaban J connectivity index is 2.06. The number of β-amino-alcohol motifs (C(OH)–C–C–N with tert-alkyl or cyclic N) is 1. The molecule has 8 heteroatoms. The Morgan fingerprint density at radius 3 is 2.89 bits per heavy atom. The van der Waals surface area contributed by atoms with Gasteiger partial charge in [-0.25, -0.2) is 14.6 Å². The summed E-state index contributed by atoms with van der Waals surface area (Å²) in [7, 11) is 0. The number of urea groups is 1. The number of hydrogen-bond acceptors (Lipinski definition) is 5. The Bertz CT molecular complexity index is 475. The molecule has 18 heavy (non-hydrogen) atoms. The fourth-order valence-electron chi connectivity index (χ4n) is 1.85. The van der Waals surface area contributed by atoms with E-state index in [9.17, 15) is 14.7 Å². The van der Waals surface area contributed by atoms with Crippen LogP contribution in [0.5, 0.6) is 0 Å². The van der Waals surface area contributed by atoms with Crippen molar-refractivity contribution in [3.8, 4) is 0 Å². The van der Waals surface area contributed by atoms with Crippen LogP contribution >= 0.6 is 11.3 Å². The smallest absolute Gasteiger partial charge is 0.326 e. The maximum Gasteiger partial charge on any atom is 0.326 e. The van der Waals surface area contributed by atoms with E-state index in [1.54, 1.807) is 12.3 Å². The number of anilines is 1. The molecular weight excluding hydrogens is 258 g/mol. The fraction of sp³-hybridized carbons (Fsp3) is 0.500. The van der Waals surface area contributed by atoms with Gasteiger partial charge in [0.05, 0.1) is 11.8 Å². The van der Waals surface area contributed by atoms with Crippen molar-refractivity contribution in [2.24, 2.45) is 0 Å². The van der Waals surface area contributed by atoms with E-state index in [1.807, 2.05) is 0 Å². The highest BCUT2D eigenvalue weighted by atomic mass is 32.1. The van der Waals surface area contributed by atoms with Gasteiger partial charge in [0.1, 0.15) is 6.04 Å². The third-order valence-corrected chi connectivity index (χ3v) is 3.53. The van der Waals surface area contributed by atoms with E-state index < -0.39 is 24.1 Å². The molecule has 1 aromatic heterocycles. The zero-order chi connectivity index (χ0) is 13.3. The average Bonchev–Trinajstić information content (AvgIpc) is 2.85. The lowest BCUT2D eigenvalue weighted by molar-refractivity contribution is -0.141. The Hall–Kier alpha value is -1.67. The van der Waals surface area contributed by atoms with Crippen molar-refractivity contribution in [3.63, 3.8) is 0 Å². The lowest BCUT2D eigenvalue weighted by Crippen LogP contribution is -2.43. The number of likely N-dealkylation sites (tertiary alicyclic amines) is 1. The molecule has 0 aromatic carbocycles. The monoisotopic (exact) mass is 271 g/mol. The number of carboxylic acid groups (broad SMARTS) is 1. The van der Waals surface area contributed by atoms with Crippen molar-refractivity contribution in [1.82, 2.24) is 9.88 Å². The van der Waals surface area contributed by atoms with Crippen LogP contribution in [0.25, 0.3) is 0 Å². The van der Waals surface area contributed by atoms with Gasteiger partial charge in [-0.3, -0.25) is 5.32 Å². The van der Waals surface area contributed by atoms with Gasteiger partial charge in [-0.05, 0) is 6.92 Å². The zero-order valence-electron chi connectivity index (χ0n) is 9.66. The van der Waals surface area contributed by atoms with Crippen molar-refractivity contribution in [2.75, 3.05) is 11.9 Å². The summed E-state index contributed by atoms with van der Waals surface area (Å²) < 4.78 is 0. The zero-order valence-corrected chi connectivity index (χ0v) is 10.5. The Kier molecular flexibility index (Phi) is 3.48. The highest BCUT2D eigenvalue weighted by Gasteiger charge is 2.39. The second kappa shape index (κ2) is 4.91. The van der Waals surface area contributed by atoms with Gasteiger partial charge in [-0.1, -0.05) is 0 Å². The van der Waals surface area contributed by atoms with E-state index in [1.165, 1.54) is 11.3 Å². The molecule has 0 bridgehead atoms. The number of aromatic nitrogens is 1. The topological polar surface area (TPSA) is 103 Å². The highest BCUT2D eigenvalue weighted by molar-refractivity contribution is 7.13. The van der Waals surface area contributed by atoms with E-state index in [4.69, 9.17) is 5.11 Å². The summed E-state index contributed by atoms with van der Waals surface area (Å²) >= 11 is 1.27. The SMILES string of the molecule is Cc1csc(NC(=O)N2C[C@H](O)C[C@@H]2C(=O)O)n1. The van der Waals surface area contributed by atoms with Gasteiger partial charge in [0.15, 0.2) is 5.13 Å². The molecule has 0 radical (unpaired) electrons. The molecule has 0 saturated carbocycles. The van der Waals surface area contributed by atoms with E-state index >= 15 is 0 Å². The lowest BCUT2D eigenvalue weighted by atomic mass is 10.2. The average molecular weight is 271 g/mol. The molecule has 7 nitrogen and oxygen atoms in total. The number of thiazole rings is 1. The van der Waals surface area contributed by atoms with Gasteiger partial charge in [0.2, 0.25) is 0 Å². The third-order valence-electron chi connectivity index (χ3n) is 2.66. The number of amides is 2. The van der Waals surface area contributed by atoms with Gasteiger partial charge < -0.3 is 15.1 Å². The lowest BCUT2D eigenvalue weighted by Gasteiger charge is -2.20. The molecule has 0 unspecified atom stereocenters. The molecule has 2 rings (SSSR count). The number of hydrogen-bond donors (Lipinski definition) is 3. The standard InChI is InChI=1S/C10H13N3O4S/c1-5-4-18-9(11-5)12-10(17)13-3-6(14)2-7(13)8(15)16/h4,6-7,14H,2-3H2,1H3,(H,15,16)(H,11,12,17)/t6-,7-/m1/s1. The Morgan fingerprint density at radius 1 is 1.61 bits per heavy atom. The third kappa shape index (κ3) is 2.59. The maximum absolute atomic E-state index is 11.9. The minimum atomic E-state index is -1.11. The number of aliphatic hydroxyl groups is 1. The quantitative estimate of drug-likeness (QED) is 0.727. The molecule has 2 heterocycles. The van der Waals surface area contributed by atoms with Crippen LogP contribution in [0.15, 0.2) is 5.38 Å². The summed E-state index contributed by atoms with van der Waals surface area (Å²) in [5.41, 5.74) is 0.784. The number of aryl methyl sites for hydroxylation is 1. The van der Waals surface area contributed by atoms with Gasteiger partial charge in [0, 0.05) is 18.3 Å². The van der Waals surface area contributed by atoms with E-state index in [-0.39, 0.29) is 13.0 Å². The van der Waals surface area contributed by atoms with Crippen LogP contribution in [0.4, 0.5) is 9.93 Å². The molecule has 3 N–H and O–H groups in total. The molecule has 2 atom stereocenters. The predicted octanol–water partition coefficient (Wildman–Crippen LogP) is 0.503. The number of carboxylic acids is 1. The summed E-state index contributed by atoms with van der Waals surface area (Å²) in [4.78, 5) is 28.0. The molecule has 1 aliphatic rings. The number of carbonyl (C=O) groups is 2. The van der Waals surface area contributed by atoms with Crippen LogP contribution < -0.4 is 5.32 Å². The van der Waals surface area contributed by atoms with Crippen molar-refractivity contribution in [3.05, 3.63) is 11.1 Å². The number of carbonyl (C=O) groups excluding carboxylic acids is 1. The van der Waals surface area contributed by atoms with Crippen molar-refractivity contribution in [2.45, 2.75) is 25.5 Å². The normalized spacial score (nSPS) is 23.1. The fourth-order valence-corrected chi connectivity index (χ4v) is 2.52. The van der Waals surface area contributed by atoms with E-state index in [2.05, 4.69) is 10.3 Å². The molecular formula is C10H13N3O4S. The summed E-state index contributed by atoms with van der Waals surface area (Å²) in [5, 5.41) is 23.1. The number of rotatable bonds is 2. The summed E-state index contributed by atoms with van der Waals surface area (Å²) in [6.45, 7) is 1.82. The molecule has 1 saturated heterocycles. The second-order valence-corrected chi connectivity index (χ2v) is 4.98. The number of nitrogens with zero attached hydrogens (tertiary/aromatic N) is 2. The van der Waals surface area contributed by atoms with Crippen LogP contribution in [-0.4, -0.2) is 50.8 Å². The van der Waals surface area contributed by atoms with Gasteiger partial charge in [-0.15, -0.1) is 11.3 Å². The molecule has 1 fully saturated rings. The number of aliphatic hydroxyl groups excluding tert-OH is 1. The Labute approximate surface area is 107 Å². The minimum Gasteiger partial charge on any atom is -0.480 e. The van der Waals surface area contributed by atoms with Crippen LogP contribution in [0.1, 0.15) is 12.1 Å². The van der Waals surface area contributed by atoms with E-state index in [0.717, 1.165) is 10.6 Å². The highest BCUT2D eigenvalue weighted by Crippen LogP contribution is 2.21. The first kappa shape index (κ1) is 12.8. The minimum absolute atomic E-state index is 0.0210. The number of aliphatic carboxylic acids is 1. The largest absolute Gasteiger partial charge is 0.480 e. The first-order chi connectivity index (χ1) is 8.47. The molecule has 98 valence electrons. The predicted molar refractivity (Wildman–Crippen MR) is 64.6 cm³/mol. The van der Waals surface area contributed by atoms with Crippen molar-refractivity contribution >= 4 is 28.5 Å².